The van der Waals surface area contributed by atoms with Crippen molar-refractivity contribution >= 4 is 22.2 Å². The highest BCUT2D eigenvalue weighted by molar-refractivity contribution is 8.28. The van der Waals surface area contributed by atoms with Crippen LogP contribution >= 0.6 is 10.3 Å². The van der Waals surface area contributed by atoms with Crippen LogP contribution in [0.25, 0.3) is 0 Å². The van der Waals surface area contributed by atoms with Crippen LogP contribution in [0.2, 0.25) is 0 Å². The van der Waals surface area contributed by atoms with Crippen LogP contribution in [-0.4, -0.2) is 43.9 Å². The molecule has 6 heteroatoms. The Morgan fingerprint density at radius 1 is 1.33 bits per heavy atom. The van der Waals surface area contributed by atoms with Crippen LogP contribution in [0.3, 0.4) is 0 Å². The molecule has 15 heavy (non-hydrogen) atoms. The minimum absolute atomic E-state index is 0.139. The van der Waals surface area contributed by atoms with Crippen molar-refractivity contribution in [2.75, 3.05) is 25.9 Å². The second-order valence-corrected chi connectivity index (χ2v) is 7.46. The molecule has 0 fully saturated rings. The van der Waals surface area contributed by atoms with Gasteiger partial charge in [0.2, 0.25) is 0 Å². The zero-order chi connectivity index (χ0) is 12.1. The lowest BCUT2D eigenvalue weighted by molar-refractivity contribution is -0.142. The van der Waals surface area contributed by atoms with Crippen molar-refractivity contribution in [1.29, 1.82) is 0 Å². The average Bonchev–Trinajstić information content (AvgIpc) is 2.10. The third-order valence-electron chi connectivity index (χ3n) is 1.51. The molecule has 0 saturated heterocycles. The van der Waals surface area contributed by atoms with Crippen LogP contribution in [0.5, 0.6) is 0 Å². The first-order valence-electron chi connectivity index (χ1n) is 4.50. The van der Waals surface area contributed by atoms with Crippen molar-refractivity contribution in [3.8, 4) is 0 Å². The third-order valence-corrected chi connectivity index (χ3v) is 2.19. The van der Waals surface area contributed by atoms with Gasteiger partial charge in [-0.2, -0.15) is 0 Å². The third kappa shape index (κ3) is 7.21. The van der Waals surface area contributed by atoms with Crippen LogP contribution in [0.15, 0.2) is 0 Å². The van der Waals surface area contributed by atoms with Crippen LogP contribution in [-0.2, 0) is 18.5 Å². The van der Waals surface area contributed by atoms with Gasteiger partial charge in [-0.1, -0.05) is 10.3 Å². The second kappa shape index (κ2) is 5.97. The molecule has 5 nitrogen and oxygen atoms in total. The number of hydrogen-bond donors (Lipinski definition) is 1. The molecule has 0 amide bonds. The molecule has 0 saturated carbocycles. The molecule has 0 aliphatic carbocycles. The minimum Gasteiger partial charge on any atom is -0.468 e. The number of carbonyl (C=O) groups excluding carboxylic acids is 2. The van der Waals surface area contributed by atoms with Gasteiger partial charge in [0.1, 0.15) is 6.04 Å². The van der Waals surface area contributed by atoms with E-state index >= 15 is 0 Å². The van der Waals surface area contributed by atoms with Crippen molar-refractivity contribution in [2.45, 2.75) is 18.9 Å². The predicted octanol–water partition coefficient (Wildman–Crippen LogP) is 0.419. The van der Waals surface area contributed by atoms with E-state index in [1.807, 2.05) is 18.8 Å². The Balaban J connectivity index is 3.86. The molecule has 0 bridgehead atoms. The number of hydrogen-bond acceptors (Lipinski definition) is 5. The van der Waals surface area contributed by atoms with Gasteiger partial charge < -0.3 is 14.7 Å². The normalized spacial score (nSPS) is 14.2. The Bertz CT molecular complexity index is 237. The first kappa shape index (κ1) is 14.2. The van der Waals surface area contributed by atoms with E-state index in [-0.39, 0.29) is 18.8 Å². The molecule has 0 rings (SSSR count). The standard InChI is InChI=1S/C9H19NO4S/c1-13-9(12)7(10)5-6-8(11)14-15(2,3)4/h7H,5-6,10H2,1-4H3. The molecular formula is C9H19NO4S. The second-order valence-electron chi connectivity index (χ2n) is 3.85. The molecule has 1 unspecified atom stereocenters. The average molecular weight is 237 g/mol. The Morgan fingerprint density at radius 3 is 2.27 bits per heavy atom. The summed E-state index contributed by atoms with van der Waals surface area (Å²) >= 11 is 0. The summed E-state index contributed by atoms with van der Waals surface area (Å²) in [5, 5.41) is 0. The lowest BCUT2D eigenvalue weighted by Gasteiger charge is -2.24. The van der Waals surface area contributed by atoms with E-state index < -0.39 is 22.3 Å². The van der Waals surface area contributed by atoms with Gasteiger partial charge in [-0.25, -0.2) is 0 Å². The molecule has 0 heterocycles. The number of nitrogens with two attached hydrogens (primary N) is 1. The first-order chi connectivity index (χ1) is 6.76. The molecule has 0 radical (unpaired) electrons. The van der Waals surface area contributed by atoms with Crippen molar-refractivity contribution < 1.29 is 18.5 Å². The highest BCUT2D eigenvalue weighted by Gasteiger charge is 2.17. The quantitative estimate of drug-likeness (QED) is 0.701. The summed E-state index contributed by atoms with van der Waals surface area (Å²) in [4.78, 5) is 22.2. The van der Waals surface area contributed by atoms with Gasteiger partial charge in [0, 0.05) is 6.42 Å². The molecule has 0 aromatic carbocycles. The van der Waals surface area contributed by atoms with Crippen molar-refractivity contribution in [3.05, 3.63) is 0 Å². The highest BCUT2D eigenvalue weighted by Crippen LogP contribution is 2.36. The molecule has 90 valence electrons. The molecule has 0 aliphatic rings. The Hall–Kier alpha value is -0.750. The van der Waals surface area contributed by atoms with E-state index in [2.05, 4.69) is 4.74 Å². The fourth-order valence-corrected chi connectivity index (χ4v) is 1.50. The Morgan fingerprint density at radius 2 is 1.87 bits per heavy atom. The fourth-order valence-electron chi connectivity index (χ4n) is 0.863. The molecule has 0 aliphatic heterocycles. The van der Waals surface area contributed by atoms with Gasteiger partial charge in [-0.15, -0.1) is 0 Å². The van der Waals surface area contributed by atoms with Gasteiger partial charge in [-0.05, 0) is 25.2 Å². The molecule has 0 aromatic rings. The number of methoxy groups -OCH3 is 1. The number of ether oxygens (including phenoxy) is 1. The fraction of sp³-hybridized carbons (Fsp3) is 0.778. The molecule has 0 aromatic heterocycles. The molecular weight excluding hydrogens is 218 g/mol. The van der Waals surface area contributed by atoms with E-state index in [4.69, 9.17) is 9.92 Å². The van der Waals surface area contributed by atoms with Crippen LogP contribution in [0.4, 0.5) is 0 Å². The zero-order valence-electron chi connectivity index (χ0n) is 9.61. The number of esters is 1. The maximum Gasteiger partial charge on any atom is 0.322 e. The Labute approximate surface area is 91.8 Å². The lowest BCUT2D eigenvalue weighted by atomic mass is 10.2. The first-order valence-corrected chi connectivity index (χ1v) is 7.28. The predicted molar refractivity (Wildman–Crippen MR) is 60.7 cm³/mol. The lowest BCUT2D eigenvalue weighted by Crippen LogP contribution is -2.32. The van der Waals surface area contributed by atoms with Crippen LogP contribution < -0.4 is 5.73 Å². The molecule has 1 atom stereocenters. The van der Waals surface area contributed by atoms with Gasteiger partial charge in [0.25, 0.3) is 0 Å². The summed E-state index contributed by atoms with van der Waals surface area (Å²) < 4.78 is 9.57. The van der Waals surface area contributed by atoms with Crippen molar-refractivity contribution in [1.82, 2.24) is 0 Å². The number of carbonyl (C=O) groups is 2. The maximum atomic E-state index is 11.3. The van der Waals surface area contributed by atoms with Gasteiger partial charge in [0.15, 0.2) is 0 Å². The maximum absolute atomic E-state index is 11.3. The van der Waals surface area contributed by atoms with Gasteiger partial charge in [0.05, 0.1) is 7.11 Å². The summed E-state index contributed by atoms with van der Waals surface area (Å²) in [6.45, 7) is 0. The van der Waals surface area contributed by atoms with Crippen molar-refractivity contribution in [3.63, 3.8) is 0 Å². The smallest absolute Gasteiger partial charge is 0.322 e. The summed E-state index contributed by atoms with van der Waals surface area (Å²) in [5.74, 6) is -0.831. The molecule has 0 spiro atoms. The van der Waals surface area contributed by atoms with E-state index in [9.17, 15) is 9.59 Å². The largest absolute Gasteiger partial charge is 0.468 e. The molecule has 2 N–H and O–H groups in total. The van der Waals surface area contributed by atoms with E-state index in [1.54, 1.807) is 0 Å². The van der Waals surface area contributed by atoms with Crippen molar-refractivity contribution in [2.24, 2.45) is 5.73 Å². The topological polar surface area (TPSA) is 78.6 Å². The van der Waals surface area contributed by atoms with E-state index in [0.29, 0.717) is 0 Å². The SMILES string of the molecule is COC(=O)C(N)CCC(=O)OS(C)(C)C. The highest BCUT2D eigenvalue weighted by atomic mass is 32.3. The summed E-state index contributed by atoms with van der Waals surface area (Å²) in [6, 6.07) is -0.752. The van der Waals surface area contributed by atoms with Crippen LogP contribution in [0.1, 0.15) is 12.8 Å². The Kier molecular flexibility index (Phi) is 5.67. The summed E-state index contributed by atoms with van der Waals surface area (Å²) in [7, 11) is -0.0399. The van der Waals surface area contributed by atoms with E-state index in [1.165, 1.54) is 7.11 Å². The van der Waals surface area contributed by atoms with E-state index in [0.717, 1.165) is 0 Å². The zero-order valence-corrected chi connectivity index (χ0v) is 10.4. The van der Waals surface area contributed by atoms with Gasteiger partial charge in [-0.3, -0.25) is 9.59 Å². The summed E-state index contributed by atoms with van der Waals surface area (Å²) in [5.41, 5.74) is 5.46. The van der Waals surface area contributed by atoms with Gasteiger partial charge >= 0.3 is 11.9 Å². The summed E-state index contributed by atoms with van der Waals surface area (Å²) in [6.07, 6.45) is 5.99. The number of rotatable bonds is 5. The monoisotopic (exact) mass is 237 g/mol. The minimum atomic E-state index is -1.30. The van der Waals surface area contributed by atoms with Crippen LogP contribution in [0, 0.1) is 0 Å².